The van der Waals surface area contributed by atoms with Crippen LogP contribution in [-0.2, 0) is 19.0 Å². The number of unbranched alkanes of at least 4 members (excludes halogenated alkanes) is 4. The highest BCUT2D eigenvalue weighted by molar-refractivity contribution is 5.77. The molecular weight excluding hydrogens is 208 g/mol. The Bertz CT molecular complexity index is 187. The minimum atomic E-state index is -1.22. The Labute approximate surface area is 98.3 Å². The van der Waals surface area contributed by atoms with Crippen LogP contribution in [0.5, 0.6) is 0 Å². The molecule has 0 bridgehead atoms. The van der Waals surface area contributed by atoms with Crippen molar-refractivity contribution >= 4 is 5.97 Å². The van der Waals surface area contributed by atoms with Crippen LogP contribution in [-0.4, -0.2) is 33.1 Å². The van der Waals surface area contributed by atoms with Gasteiger partial charge in [-0.25, -0.2) is 4.79 Å². The van der Waals surface area contributed by atoms with Gasteiger partial charge in [0.2, 0.25) is 0 Å². The molecule has 4 heteroatoms. The highest BCUT2D eigenvalue weighted by atomic mass is 16.7. The zero-order chi connectivity index (χ0) is 12.4. The SMILES string of the molecule is CCCCCCCC(OC)(OC)C(=O)OC. The molecule has 0 aliphatic rings. The number of carbonyl (C=O) groups excluding carboxylic acids is 1. The Hall–Kier alpha value is -0.610. The number of ether oxygens (including phenoxy) is 3. The van der Waals surface area contributed by atoms with Gasteiger partial charge in [-0.2, -0.15) is 0 Å². The first kappa shape index (κ1) is 15.4. The summed E-state index contributed by atoms with van der Waals surface area (Å²) in [5.74, 6) is -1.69. The normalized spacial score (nSPS) is 11.5. The molecule has 0 radical (unpaired) electrons. The predicted octanol–water partition coefficient (Wildman–Crippen LogP) is 2.51. The molecular formula is C12H24O4. The largest absolute Gasteiger partial charge is 0.465 e. The molecule has 0 spiro atoms. The molecule has 0 amide bonds. The van der Waals surface area contributed by atoms with Gasteiger partial charge in [-0.1, -0.05) is 32.6 Å². The minimum absolute atomic E-state index is 0.465. The monoisotopic (exact) mass is 232 g/mol. The fourth-order valence-electron chi connectivity index (χ4n) is 1.67. The van der Waals surface area contributed by atoms with Crippen molar-refractivity contribution in [3.63, 3.8) is 0 Å². The van der Waals surface area contributed by atoms with Crippen molar-refractivity contribution in [1.29, 1.82) is 0 Å². The number of hydrogen-bond acceptors (Lipinski definition) is 4. The Kier molecular flexibility index (Phi) is 8.21. The Balaban J connectivity index is 4.07. The topological polar surface area (TPSA) is 44.8 Å². The number of methoxy groups -OCH3 is 3. The molecule has 0 aromatic heterocycles. The van der Waals surface area contributed by atoms with Gasteiger partial charge in [0.05, 0.1) is 7.11 Å². The fraction of sp³-hybridized carbons (Fsp3) is 0.917. The lowest BCUT2D eigenvalue weighted by Gasteiger charge is -2.27. The van der Waals surface area contributed by atoms with Crippen LogP contribution in [0.2, 0.25) is 0 Å². The second-order valence-corrected chi connectivity index (χ2v) is 3.82. The van der Waals surface area contributed by atoms with Crippen molar-refractivity contribution in [1.82, 2.24) is 0 Å². The van der Waals surface area contributed by atoms with Crippen molar-refractivity contribution in [2.24, 2.45) is 0 Å². The molecule has 0 aromatic carbocycles. The van der Waals surface area contributed by atoms with Gasteiger partial charge in [0.25, 0.3) is 5.79 Å². The van der Waals surface area contributed by atoms with Gasteiger partial charge < -0.3 is 14.2 Å². The Morgan fingerprint density at radius 2 is 1.56 bits per heavy atom. The van der Waals surface area contributed by atoms with Crippen LogP contribution in [0, 0.1) is 0 Å². The zero-order valence-corrected chi connectivity index (χ0v) is 10.9. The molecule has 0 aliphatic carbocycles. The number of hydrogen-bond donors (Lipinski definition) is 0. The summed E-state index contributed by atoms with van der Waals surface area (Å²) < 4.78 is 15.0. The van der Waals surface area contributed by atoms with Crippen LogP contribution in [0.4, 0.5) is 0 Å². The van der Waals surface area contributed by atoms with Gasteiger partial charge in [-0.05, 0) is 6.42 Å². The van der Waals surface area contributed by atoms with Crippen molar-refractivity contribution in [3.05, 3.63) is 0 Å². The second kappa shape index (κ2) is 8.53. The lowest BCUT2D eigenvalue weighted by atomic mass is 10.1. The van der Waals surface area contributed by atoms with E-state index in [4.69, 9.17) is 9.47 Å². The molecule has 0 aliphatic heterocycles. The molecule has 4 nitrogen and oxygen atoms in total. The standard InChI is InChI=1S/C12H24O4/c1-5-6-7-8-9-10-12(15-3,16-4)11(13)14-2/h5-10H2,1-4H3. The second-order valence-electron chi connectivity index (χ2n) is 3.82. The van der Waals surface area contributed by atoms with E-state index in [0.717, 1.165) is 12.8 Å². The molecule has 0 saturated heterocycles. The summed E-state index contributed by atoms with van der Waals surface area (Å²) in [7, 11) is 4.27. The van der Waals surface area contributed by atoms with E-state index in [0.29, 0.717) is 6.42 Å². The van der Waals surface area contributed by atoms with E-state index in [2.05, 4.69) is 11.7 Å². The first-order chi connectivity index (χ1) is 7.66. The first-order valence-corrected chi connectivity index (χ1v) is 5.85. The first-order valence-electron chi connectivity index (χ1n) is 5.85. The van der Waals surface area contributed by atoms with Gasteiger partial charge in [-0.15, -0.1) is 0 Å². The molecule has 0 N–H and O–H groups in total. The Morgan fingerprint density at radius 3 is 2.00 bits per heavy atom. The highest BCUT2D eigenvalue weighted by Crippen LogP contribution is 2.22. The molecule has 16 heavy (non-hydrogen) atoms. The molecule has 96 valence electrons. The smallest absolute Gasteiger partial charge is 0.366 e. The number of rotatable bonds is 9. The van der Waals surface area contributed by atoms with Gasteiger partial charge in [0.15, 0.2) is 0 Å². The van der Waals surface area contributed by atoms with Crippen molar-refractivity contribution in [2.45, 2.75) is 51.2 Å². The van der Waals surface area contributed by atoms with Crippen molar-refractivity contribution in [3.8, 4) is 0 Å². The summed E-state index contributed by atoms with van der Waals surface area (Å²) in [5, 5.41) is 0. The number of esters is 1. The average molecular weight is 232 g/mol. The van der Waals surface area contributed by atoms with Gasteiger partial charge in [0, 0.05) is 20.6 Å². The molecule has 0 unspecified atom stereocenters. The van der Waals surface area contributed by atoms with E-state index in [9.17, 15) is 4.79 Å². The zero-order valence-electron chi connectivity index (χ0n) is 10.9. The van der Waals surface area contributed by atoms with E-state index < -0.39 is 11.8 Å². The van der Waals surface area contributed by atoms with E-state index in [1.54, 1.807) is 0 Å². The van der Waals surface area contributed by atoms with E-state index >= 15 is 0 Å². The maximum Gasteiger partial charge on any atom is 0.366 e. The molecule has 0 heterocycles. The van der Waals surface area contributed by atoms with Crippen LogP contribution < -0.4 is 0 Å². The van der Waals surface area contributed by atoms with Crippen LogP contribution in [0.3, 0.4) is 0 Å². The summed E-state index contributed by atoms with van der Waals surface area (Å²) in [4.78, 5) is 11.5. The average Bonchev–Trinajstić information content (AvgIpc) is 2.33. The lowest BCUT2D eigenvalue weighted by molar-refractivity contribution is -0.230. The lowest BCUT2D eigenvalue weighted by Crippen LogP contribution is -2.43. The summed E-state index contributed by atoms with van der Waals surface area (Å²) in [5.41, 5.74) is 0. The molecule has 0 fully saturated rings. The predicted molar refractivity (Wildman–Crippen MR) is 62.1 cm³/mol. The van der Waals surface area contributed by atoms with Crippen LogP contribution in [0.15, 0.2) is 0 Å². The van der Waals surface area contributed by atoms with Gasteiger partial charge >= 0.3 is 5.97 Å². The summed E-state index contributed by atoms with van der Waals surface area (Å²) in [6.45, 7) is 2.17. The van der Waals surface area contributed by atoms with Crippen LogP contribution in [0.1, 0.15) is 45.4 Å². The van der Waals surface area contributed by atoms with Crippen LogP contribution in [0.25, 0.3) is 0 Å². The van der Waals surface area contributed by atoms with E-state index in [-0.39, 0.29) is 0 Å². The van der Waals surface area contributed by atoms with Gasteiger partial charge in [-0.3, -0.25) is 0 Å². The summed E-state index contributed by atoms with van der Waals surface area (Å²) in [6, 6.07) is 0. The molecule has 0 saturated carbocycles. The maximum atomic E-state index is 11.5. The number of carbonyl (C=O) groups is 1. The van der Waals surface area contributed by atoms with E-state index in [1.807, 2.05) is 0 Å². The maximum absolute atomic E-state index is 11.5. The summed E-state index contributed by atoms with van der Waals surface area (Å²) >= 11 is 0. The van der Waals surface area contributed by atoms with Gasteiger partial charge in [0.1, 0.15) is 0 Å². The third-order valence-corrected chi connectivity index (χ3v) is 2.77. The van der Waals surface area contributed by atoms with Crippen LogP contribution >= 0.6 is 0 Å². The quantitative estimate of drug-likeness (QED) is 0.348. The molecule has 0 aromatic rings. The third-order valence-electron chi connectivity index (χ3n) is 2.77. The summed E-state index contributed by atoms with van der Waals surface area (Å²) in [6.07, 6.45) is 6.13. The minimum Gasteiger partial charge on any atom is -0.465 e. The molecule has 0 atom stereocenters. The van der Waals surface area contributed by atoms with E-state index in [1.165, 1.54) is 40.6 Å². The molecule has 0 rings (SSSR count). The highest BCUT2D eigenvalue weighted by Gasteiger charge is 2.39. The fourth-order valence-corrected chi connectivity index (χ4v) is 1.67. The Morgan fingerprint density at radius 1 is 1.00 bits per heavy atom. The van der Waals surface area contributed by atoms with Crippen molar-refractivity contribution < 1.29 is 19.0 Å². The van der Waals surface area contributed by atoms with Crippen molar-refractivity contribution in [2.75, 3.05) is 21.3 Å². The third kappa shape index (κ3) is 4.49.